The average molecular weight is 499 g/mol. The molecule has 0 radical (unpaired) electrons. The van der Waals surface area contributed by atoms with Crippen molar-refractivity contribution in [2.24, 2.45) is 0 Å². The van der Waals surface area contributed by atoms with Gasteiger partial charge in [-0.1, -0.05) is 78.8 Å². The van der Waals surface area contributed by atoms with Crippen LogP contribution in [0, 0.1) is 0 Å². The van der Waals surface area contributed by atoms with Crippen molar-refractivity contribution in [1.29, 1.82) is 0 Å². The van der Waals surface area contributed by atoms with Gasteiger partial charge in [0.05, 0.1) is 34.5 Å². The molecule has 0 saturated heterocycles. The van der Waals surface area contributed by atoms with Crippen LogP contribution in [0.4, 0.5) is 0 Å². The first kappa shape index (κ1) is 18.8. The monoisotopic (exact) mass is 498 g/mol. The number of imidazole rings is 4. The molecule has 10 rings (SSSR count). The van der Waals surface area contributed by atoms with E-state index in [1.54, 1.807) is 0 Å². The lowest BCUT2D eigenvalue weighted by Gasteiger charge is -2.05. The highest BCUT2D eigenvalue weighted by Gasteiger charge is 2.24. The first-order valence-electron chi connectivity index (χ1n) is 13.6. The molecule has 0 spiro atoms. The van der Waals surface area contributed by atoms with Gasteiger partial charge in [0.1, 0.15) is 5.52 Å². The molecule has 6 aromatic carbocycles. The molecule has 5 heteroatoms. The van der Waals surface area contributed by atoms with Crippen LogP contribution in [0.1, 0.15) is 1.37 Å². The van der Waals surface area contributed by atoms with Crippen LogP contribution in [0.25, 0.3) is 82.8 Å². The van der Waals surface area contributed by atoms with Crippen molar-refractivity contribution in [1.82, 2.24) is 23.2 Å². The summed E-state index contributed by atoms with van der Waals surface area (Å²) < 4.78 is 14.8. The lowest BCUT2D eigenvalue weighted by molar-refractivity contribution is 1.15. The van der Waals surface area contributed by atoms with Crippen LogP contribution in [-0.2, 0) is 0 Å². The fourth-order valence-corrected chi connectivity index (χ4v) is 6.49. The summed E-state index contributed by atoms with van der Waals surface area (Å²) in [6.45, 7) is 0. The Balaban J connectivity index is 1.45. The van der Waals surface area contributed by atoms with E-state index in [9.17, 15) is 0 Å². The molecule has 10 aromatic rings. The number of aromatic nitrogens is 5. The standard InChI is InChI=1S/C34H19N5/c1-2-8-20(9-3-1)25-18-30-32-31(19-25)38-29-17-24-13-7-5-11-22(24)15-27(29)36-34(38)39(32)33-35-26-14-21-10-4-6-12-23(21)16-28(26)37(30)33/h1-19H/i1D. The number of hydrogen-bond acceptors (Lipinski definition) is 2. The molecule has 0 aliphatic rings. The third-order valence-electron chi connectivity index (χ3n) is 8.24. The van der Waals surface area contributed by atoms with Gasteiger partial charge in [0, 0.05) is 0 Å². The zero-order chi connectivity index (χ0) is 26.1. The molecule has 0 bridgehead atoms. The van der Waals surface area contributed by atoms with Crippen molar-refractivity contribution < 1.29 is 1.37 Å². The molecule has 4 aromatic heterocycles. The third-order valence-corrected chi connectivity index (χ3v) is 8.24. The molecule has 180 valence electrons. The van der Waals surface area contributed by atoms with Crippen LogP contribution in [0.3, 0.4) is 0 Å². The van der Waals surface area contributed by atoms with Crippen LogP contribution in [0.5, 0.6) is 0 Å². The van der Waals surface area contributed by atoms with E-state index in [1.807, 2.05) is 24.3 Å². The van der Waals surface area contributed by atoms with Gasteiger partial charge in [-0.05, 0) is 69.1 Å². The highest BCUT2D eigenvalue weighted by Crippen LogP contribution is 2.38. The molecule has 0 unspecified atom stereocenters. The molecular formula is C34H19N5. The van der Waals surface area contributed by atoms with E-state index < -0.39 is 0 Å². The van der Waals surface area contributed by atoms with E-state index in [0.717, 1.165) is 61.3 Å². The lowest BCUT2D eigenvalue weighted by Crippen LogP contribution is -1.88. The molecule has 5 nitrogen and oxygen atoms in total. The topological polar surface area (TPSA) is 39.0 Å². The molecule has 0 aliphatic carbocycles. The van der Waals surface area contributed by atoms with Gasteiger partial charge >= 0.3 is 0 Å². The smallest absolute Gasteiger partial charge is 0.223 e. The summed E-state index contributed by atoms with van der Waals surface area (Å²) in [6, 6.07) is 38.5. The van der Waals surface area contributed by atoms with Crippen LogP contribution in [0.2, 0.25) is 0 Å². The Morgan fingerprint density at radius 2 is 0.949 bits per heavy atom. The van der Waals surface area contributed by atoms with Crippen molar-refractivity contribution in [2.45, 2.75) is 0 Å². The lowest BCUT2D eigenvalue weighted by atomic mass is 10.0. The fourth-order valence-electron chi connectivity index (χ4n) is 6.49. The molecule has 0 amide bonds. The van der Waals surface area contributed by atoms with Gasteiger partial charge in [-0.3, -0.25) is 8.80 Å². The Morgan fingerprint density at radius 1 is 0.462 bits per heavy atom. The Morgan fingerprint density at radius 3 is 1.46 bits per heavy atom. The van der Waals surface area contributed by atoms with Crippen molar-refractivity contribution in [3.05, 3.63) is 115 Å². The summed E-state index contributed by atoms with van der Waals surface area (Å²) in [6.07, 6.45) is 0. The largest absolute Gasteiger partial charge is 0.276 e. The van der Waals surface area contributed by atoms with E-state index in [0.29, 0.717) is 6.04 Å². The first-order valence-corrected chi connectivity index (χ1v) is 13.1. The second kappa shape index (κ2) is 6.71. The molecule has 0 N–H and O–H groups in total. The molecule has 0 saturated carbocycles. The maximum Gasteiger partial charge on any atom is 0.223 e. The van der Waals surface area contributed by atoms with Crippen molar-refractivity contribution in [2.75, 3.05) is 0 Å². The number of fused-ring (bicyclic) bond motifs is 12. The van der Waals surface area contributed by atoms with Gasteiger partial charge in [0.2, 0.25) is 11.6 Å². The van der Waals surface area contributed by atoms with Crippen LogP contribution < -0.4 is 0 Å². The minimum atomic E-state index is 0.505. The van der Waals surface area contributed by atoms with Crippen LogP contribution in [-0.4, -0.2) is 23.2 Å². The predicted octanol–water partition coefficient (Wildman–Crippen LogP) is 8.11. The van der Waals surface area contributed by atoms with E-state index in [1.165, 1.54) is 21.5 Å². The Kier molecular flexibility index (Phi) is 3.23. The quantitative estimate of drug-likeness (QED) is 0.229. The molecular weight excluding hydrogens is 478 g/mol. The molecule has 4 heterocycles. The number of nitrogens with zero attached hydrogens (tertiary/aromatic N) is 5. The van der Waals surface area contributed by atoms with E-state index in [-0.39, 0.29) is 0 Å². The molecule has 0 fully saturated rings. The number of hydrogen-bond donors (Lipinski definition) is 0. The Bertz CT molecular complexity index is 2500. The Hall–Kier alpha value is -5.42. The SMILES string of the molecule is [2H]c1ccc(-c2cc3c4c(c2)n2c5cc6ccccc6cc5nc2n4c2nc4cc5ccccc5cc4n32)cc1. The molecule has 39 heavy (non-hydrogen) atoms. The summed E-state index contributed by atoms with van der Waals surface area (Å²) in [5.41, 5.74) is 9.55. The van der Waals surface area contributed by atoms with Crippen LogP contribution >= 0.6 is 0 Å². The summed E-state index contributed by atoms with van der Waals surface area (Å²) in [5.74, 6) is 1.72. The maximum absolute atomic E-state index is 7.99. The summed E-state index contributed by atoms with van der Waals surface area (Å²) in [7, 11) is 0. The number of rotatable bonds is 1. The average Bonchev–Trinajstić information content (AvgIpc) is 3.69. The minimum absolute atomic E-state index is 0.505. The second-order valence-electron chi connectivity index (χ2n) is 10.4. The van der Waals surface area contributed by atoms with Crippen molar-refractivity contribution >= 4 is 71.7 Å². The maximum atomic E-state index is 7.99. The minimum Gasteiger partial charge on any atom is -0.276 e. The predicted molar refractivity (Wildman–Crippen MR) is 159 cm³/mol. The summed E-state index contributed by atoms with van der Waals surface area (Å²) in [4.78, 5) is 10.4. The van der Waals surface area contributed by atoms with Gasteiger partial charge in [-0.2, -0.15) is 0 Å². The van der Waals surface area contributed by atoms with Crippen molar-refractivity contribution in [3.8, 4) is 11.1 Å². The van der Waals surface area contributed by atoms with Gasteiger partial charge in [-0.25, -0.2) is 14.4 Å². The van der Waals surface area contributed by atoms with E-state index in [2.05, 4.69) is 98.1 Å². The van der Waals surface area contributed by atoms with Crippen LogP contribution in [0.15, 0.2) is 115 Å². The highest BCUT2D eigenvalue weighted by atomic mass is 15.3. The van der Waals surface area contributed by atoms with Gasteiger partial charge in [0.15, 0.2) is 0 Å². The van der Waals surface area contributed by atoms with Gasteiger partial charge < -0.3 is 0 Å². The van der Waals surface area contributed by atoms with Gasteiger partial charge in [0.25, 0.3) is 0 Å². The third kappa shape index (κ3) is 2.40. The summed E-state index contributed by atoms with van der Waals surface area (Å²) in [5, 5.41) is 4.74. The van der Waals surface area contributed by atoms with Crippen molar-refractivity contribution in [3.63, 3.8) is 0 Å². The fraction of sp³-hybridized carbons (Fsp3) is 0. The molecule has 0 aliphatic heterocycles. The van der Waals surface area contributed by atoms with E-state index in [4.69, 9.17) is 11.3 Å². The first-order chi connectivity index (χ1) is 19.7. The second-order valence-corrected chi connectivity index (χ2v) is 10.4. The zero-order valence-corrected chi connectivity index (χ0v) is 20.6. The normalized spacial score (nSPS) is 13.0. The molecule has 0 atom stereocenters. The van der Waals surface area contributed by atoms with E-state index >= 15 is 0 Å². The summed E-state index contributed by atoms with van der Waals surface area (Å²) >= 11 is 0. The zero-order valence-electron chi connectivity index (χ0n) is 21.6. The highest BCUT2D eigenvalue weighted by molar-refractivity contribution is 6.08. The Labute approximate surface area is 222 Å². The van der Waals surface area contributed by atoms with Gasteiger partial charge in [-0.15, -0.1) is 0 Å². The number of benzene rings is 6.